The minimum Gasteiger partial charge on any atom is -0.486 e. The summed E-state index contributed by atoms with van der Waals surface area (Å²) < 4.78 is 12.3. The van der Waals surface area contributed by atoms with Gasteiger partial charge in [-0.2, -0.15) is 5.10 Å². The quantitative estimate of drug-likeness (QED) is 0.554. The van der Waals surface area contributed by atoms with Crippen molar-refractivity contribution in [1.82, 2.24) is 9.78 Å². The molecule has 4 aromatic rings. The molecule has 0 fully saturated rings. The Bertz CT molecular complexity index is 1340. The lowest BCUT2D eigenvalue weighted by Crippen LogP contribution is -2.29. The Morgan fingerprint density at radius 1 is 0.935 bits per heavy atom. The van der Waals surface area contributed by atoms with E-state index in [0.29, 0.717) is 36.1 Å². The van der Waals surface area contributed by atoms with Gasteiger partial charge in [0.25, 0.3) is 5.56 Å². The number of fused-ring (bicyclic) bond motifs is 2. The number of amides is 1. The van der Waals surface area contributed by atoms with Crippen LogP contribution in [-0.2, 0) is 11.3 Å². The van der Waals surface area contributed by atoms with E-state index in [0.717, 1.165) is 21.0 Å². The van der Waals surface area contributed by atoms with Crippen LogP contribution in [0, 0.1) is 0 Å². The number of rotatable bonds is 4. The largest absolute Gasteiger partial charge is 0.486 e. The smallest absolute Gasteiger partial charge is 0.267 e. The highest BCUT2D eigenvalue weighted by Gasteiger charge is 2.14. The van der Waals surface area contributed by atoms with Gasteiger partial charge in [-0.1, -0.05) is 36.4 Å². The van der Waals surface area contributed by atoms with Gasteiger partial charge in [-0.15, -0.1) is 0 Å². The summed E-state index contributed by atoms with van der Waals surface area (Å²) in [5.41, 5.74) is 1.68. The van der Waals surface area contributed by atoms with Crippen molar-refractivity contribution in [2.75, 3.05) is 18.5 Å². The van der Waals surface area contributed by atoms with E-state index in [1.165, 1.54) is 6.07 Å². The first-order chi connectivity index (χ1) is 15.2. The number of nitrogens with one attached hydrogen (secondary N) is 1. The fourth-order valence-corrected chi connectivity index (χ4v) is 3.58. The minimum absolute atomic E-state index is 0.194. The molecule has 0 radical (unpaired) electrons. The molecule has 0 aliphatic carbocycles. The van der Waals surface area contributed by atoms with Gasteiger partial charge in [-0.3, -0.25) is 9.59 Å². The Balaban J connectivity index is 1.39. The Kier molecular flexibility index (Phi) is 4.84. The SMILES string of the molecule is O=C(Cn1nc(-c2ccc3c(c2)OCCO3)ccc1=O)Nc1cccc2ccccc12. The molecule has 31 heavy (non-hydrogen) atoms. The number of ether oxygens (including phenoxy) is 2. The van der Waals surface area contributed by atoms with Crippen LogP contribution in [0.3, 0.4) is 0 Å². The third-order valence-electron chi connectivity index (χ3n) is 5.06. The summed E-state index contributed by atoms with van der Waals surface area (Å²) in [6, 6.07) is 22.0. The van der Waals surface area contributed by atoms with Crippen molar-refractivity contribution in [3.8, 4) is 22.8 Å². The molecule has 5 rings (SSSR count). The van der Waals surface area contributed by atoms with Gasteiger partial charge in [0.2, 0.25) is 5.91 Å². The predicted molar refractivity (Wildman–Crippen MR) is 118 cm³/mol. The molecule has 0 saturated carbocycles. The molecule has 154 valence electrons. The third kappa shape index (κ3) is 3.85. The standard InChI is InChI=1S/C24H19N3O4/c28-23(25-20-7-3-5-16-4-1-2-6-18(16)20)15-27-24(29)11-9-19(26-27)17-8-10-21-22(14-17)31-13-12-30-21/h1-11,14H,12-13,15H2,(H,25,28). The average molecular weight is 413 g/mol. The van der Waals surface area contributed by atoms with Crippen molar-refractivity contribution < 1.29 is 14.3 Å². The molecule has 7 nitrogen and oxygen atoms in total. The summed E-state index contributed by atoms with van der Waals surface area (Å²) in [6.07, 6.45) is 0. The Morgan fingerprint density at radius 3 is 2.65 bits per heavy atom. The highest BCUT2D eigenvalue weighted by molar-refractivity contribution is 6.01. The molecule has 0 atom stereocenters. The minimum atomic E-state index is -0.352. The van der Waals surface area contributed by atoms with Crippen LogP contribution in [0.1, 0.15) is 0 Å². The molecular weight excluding hydrogens is 394 g/mol. The number of nitrogens with zero attached hydrogens (tertiary/aromatic N) is 2. The van der Waals surface area contributed by atoms with Crippen LogP contribution >= 0.6 is 0 Å². The third-order valence-corrected chi connectivity index (χ3v) is 5.06. The van der Waals surface area contributed by atoms with Crippen LogP contribution in [0.25, 0.3) is 22.0 Å². The number of hydrogen-bond acceptors (Lipinski definition) is 5. The van der Waals surface area contributed by atoms with Crippen molar-refractivity contribution in [2.24, 2.45) is 0 Å². The molecule has 0 unspecified atom stereocenters. The number of carbonyl (C=O) groups is 1. The van der Waals surface area contributed by atoms with E-state index >= 15 is 0 Å². The van der Waals surface area contributed by atoms with Gasteiger partial charge >= 0.3 is 0 Å². The molecule has 7 heteroatoms. The zero-order chi connectivity index (χ0) is 21.2. The zero-order valence-electron chi connectivity index (χ0n) is 16.6. The number of aromatic nitrogens is 2. The molecule has 1 aliphatic rings. The zero-order valence-corrected chi connectivity index (χ0v) is 16.6. The van der Waals surface area contributed by atoms with Crippen LogP contribution in [0.4, 0.5) is 5.69 Å². The lowest BCUT2D eigenvalue weighted by Gasteiger charge is -2.18. The second kappa shape index (κ2) is 7.95. The molecule has 2 heterocycles. The maximum absolute atomic E-state index is 12.7. The maximum Gasteiger partial charge on any atom is 0.267 e. The Hall–Kier alpha value is -4.13. The fraction of sp³-hybridized carbons (Fsp3) is 0.125. The molecule has 1 aliphatic heterocycles. The summed E-state index contributed by atoms with van der Waals surface area (Å²) in [5, 5.41) is 9.23. The lowest BCUT2D eigenvalue weighted by molar-refractivity contribution is -0.117. The van der Waals surface area contributed by atoms with E-state index in [2.05, 4.69) is 10.4 Å². The second-order valence-corrected chi connectivity index (χ2v) is 7.15. The van der Waals surface area contributed by atoms with Gasteiger partial charge < -0.3 is 14.8 Å². The van der Waals surface area contributed by atoms with Crippen molar-refractivity contribution in [3.63, 3.8) is 0 Å². The van der Waals surface area contributed by atoms with E-state index in [1.807, 2.05) is 60.7 Å². The molecule has 0 bridgehead atoms. The first-order valence-electron chi connectivity index (χ1n) is 9.93. The van der Waals surface area contributed by atoms with Gasteiger partial charge in [0.15, 0.2) is 11.5 Å². The van der Waals surface area contributed by atoms with Gasteiger partial charge in [-0.25, -0.2) is 4.68 Å². The number of hydrogen-bond donors (Lipinski definition) is 1. The molecular formula is C24H19N3O4. The molecule has 0 saturated heterocycles. The summed E-state index contributed by atoms with van der Waals surface area (Å²) in [7, 11) is 0. The van der Waals surface area contributed by atoms with E-state index in [1.54, 1.807) is 6.07 Å². The van der Waals surface area contributed by atoms with Crippen molar-refractivity contribution in [1.29, 1.82) is 0 Å². The Morgan fingerprint density at radius 2 is 1.74 bits per heavy atom. The summed E-state index contributed by atoms with van der Waals surface area (Å²) in [5.74, 6) is 0.986. The van der Waals surface area contributed by atoms with Crippen LogP contribution in [0.5, 0.6) is 11.5 Å². The Labute approximate surface area is 177 Å². The average Bonchev–Trinajstić information content (AvgIpc) is 2.80. The molecule has 1 N–H and O–H groups in total. The van der Waals surface area contributed by atoms with Crippen LogP contribution in [-0.4, -0.2) is 28.9 Å². The van der Waals surface area contributed by atoms with Crippen molar-refractivity contribution in [2.45, 2.75) is 6.54 Å². The van der Waals surface area contributed by atoms with Gasteiger partial charge in [0.1, 0.15) is 19.8 Å². The summed E-state index contributed by atoms with van der Waals surface area (Å²) >= 11 is 0. The molecule has 1 aromatic heterocycles. The van der Waals surface area contributed by atoms with Crippen LogP contribution < -0.4 is 20.3 Å². The number of benzene rings is 3. The highest BCUT2D eigenvalue weighted by Crippen LogP contribution is 2.33. The fourth-order valence-electron chi connectivity index (χ4n) is 3.58. The van der Waals surface area contributed by atoms with Gasteiger partial charge in [-0.05, 0) is 35.7 Å². The van der Waals surface area contributed by atoms with Gasteiger partial charge in [0, 0.05) is 22.7 Å². The van der Waals surface area contributed by atoms with Crippen molar-refractivity contribution >= 4 is 22.4 Å². The van der Waals surface area contributed by atoms with Gasteiger partial charge in [0.05, 0.1) is 5.69 Å². The molecule has 3 aromatic carbocycles. The summed E-state index contributed by atoms with van der Waals surface area (Å²) in [6.45, 7) is 0.805. The maximum atomic E-state index is 12.7. The normalized spacial score (nSPS) is 12.5. The lowest BCUT2D eigenvalue weighted by atomic mass is 10.1. The highest BCUT2D eigenvalue weighted by atomic mass is 16.6. The predicted octanol–water partition coefficient (Wildman–Crippen LogP) is 3.47. The number of carbonyl (C=O) groups excluding carboxylic acids is 1. The van der Waals surface area contributed by atoms with E-state index in [9.17, 15) is 9.59 Å². The first kappa shape index (κ1) is 18.9. The summed E-state index contributed by atoms with van der Waals surface area (Å²) in [4.78, 5) is 25.0. The van der Waals surface area contributed by atoms with E-state index < -0.39 is 0 Å². The van der Waals surface area contributed by atoms with Crippen molar-refractivity contribution in [3.05, 3.63) is 83.2 Å². The second-order valence-electron chi connectivity index (χ2n) is 7.15. The van der Waals surface area contributed by atoms with E-state index in [4.69, 9.17) is 9.47 Å². The van der Waals surface area contributed by atoms with E-state index in [-0.39, 0.29) is 18.0 Å². The first-order valence-corrected chi connectivity index (χ1v) is 9.93. The van der Waals surface area contributed by atoms with Crippen LogP contribution in [0.15, 0.2) is 77.6 Å². The monoisotopic (exact) mass is 413 g/mol. The number of anilines is 1. The molecule has 0 spiro atoms. The molecule has 1 amide bonds. The topological polar surface area (TPSA) is 82.5 Å². The van der Waals surface area contributed by atoms with Crippen LogP contribution in [0.2, 0.25) is 0 Å².